The van der Waals surface area contributed by atoms with E-state index >= 15 is 0 Å². The lowest BCUT2D eigenvalue weighted by atomic mass is 10.0. The number of H-pyrrole nitrogens is 1. The van der Waals surface area contributed by atoms with Crippen LogP contribution in [-0.2, 0) is 27.7 Å². The van der Waals surface area contributed by atoms with E-state index in [1.54, 1.807) is 24.5 Å². The number of rotatable bonds is 7. The van der Waals surface area contributed by atoms with Crippen LogP contribution in [0.4, 0.5) is 5.69 Å². The van der Waals surface area contributed by atoms with Gasteiger partial charge in [-0.1, -0.05) is 54.6 Å². The molecule has 0 radical (unpaired) electrons. The first kappa shape index (κ1) is 24.0. The quantitative estimate of drug-likeness (QED) is 0.407. The summed E-state index contributed by atoms with van der Waals surface area (Å²) in [5.41, 5.74) is 5.56. The summed E-state index contributed by atoms with van der Waals surface area (Å²) in [6.45, 7) is 3.15. The molecule has 0 unspecified atom stereocenters. The largest absolute Gasteiger partial charge is 0.364 e. The molecule has 0 atom stereocenters. The number of carbonyl (C=O) groups excluding carboxylic acids is 1. The van der Waals surface area contributed by atoms with Crippen molar-refractivity contribution < 1.29 is 13.2 Å². The standard InChI is InChI=1S/C28H28N4O3S/c33-28(36(34,35)26-9-5-2-6-10-26)13-14-31-15-16-32(20-25-18-29-21-30-25)27-12-11-23(17-24(27)19-31)22-7-3-1-4-8-22/h1-12,17-18,21H,13-16,19-20H2,(H,29,30). The maximum Gasteiger partial charge on any atom is 0.252 e. The van der Waals surface area contributed by atoms with Gasteiger partial charge in [0.25, 0.3) is 5.12 Å². The number of benzene rings is 3. The van der Waals surface area contributed by atoms with Gasteiger partial charge in [-0.05, 0) is 41.0 Å². The van der Waals surface area contributed by atoms with Crippen LogP contribution in [0.15, 0.2) is 96.3 Å². The Kier molecular flexibility index (Phi) is 6.97. The molecule has 1 N–H and O–H groups in total. The van der Waals surface area contributed by atoms with Gasteiger partial charge in [0.2, 0.25) is 9.84 Å². The van der Waals surface area contributed by atoms with Gasteiger partial charge in [0.05, 0.1) is 23.5 Å². The number of carbonyl (C=O) groups is 1. The summed E-state index contributed by atoms with van der Waals surface area (Å²) >= 11 is 0. The second kappa shape index (κ2) is 10.5. The predicted octanol–water partition coefficient (Wildman–Crippen LogP) is 4.29. The smallest absolute Gasteiger partial charge is 0.252 e. The highest BCUT2D eigenvalue weighted by Gasteiger charge is 2.26. The number of imidazole rings is 1. The molecule has 0 bridgehead atoms. The van der Waals surface area contributed by atoms with Crippen LogP contribution in [-0.4, -0.2) is 48.0 Å². The Labute approximate surface area is 211 Å². The van der Waals surface area contributed by atoms with Gasteiger partial charge in [-0.3, -0.25) is 9.69 Å². The van der Waals surface area contributed by atoms with Gasteiger partial charge in [0.1, 0.15) is 0 Å². The average Bonchev–Trinajstić information content (AvgIpc) is 3.37. The van der Waals surface area contributed by atoms with Crippen molar-refractivity contribution in [2.75, 3.05) is 24.5 Å². The lowest BCUT2D eigenvalue weighted by molar-refractivity contribution is -0.112. The van der Waals surface area contributed by atoms with E-state index in [1.807, 2.05) is 24.4 Å². The number of hydrogen-bond donors (Lipinski definition) is 1. The Morgan fingerprint density at radius 1 is 0.917 bits per heavy atom. The monoisotopic (exact) mass is 500 g/mol. The molecular weight excluding hydrogens is 472 g/mol. The molecule has 3 aromatic carbocycles. The maximum atomic E-state index is 12.7. The normalized spacial score (nSPS) is 14.3. The molecule has 0 aliphatic carbocycles. The van der Waals surface area contributed by atoms with Crippen molar-refractivity contribution in [3.05, 3.63) is 103 Å². The van der Waals surface area contributed by atoms with Crippen molar-refractivity contribution in [2.45, 2.75) is 24.4 Å². The Bertz CT molecular complexity index is 1420. The number of nitrogens with zero attached hydrogens (tertiary/aromatic N) is 3. The molecule has 0 fully saturated rings. The number of aromatic nitrogens is 2. The van der Waals surface area contributed by atoms with Crippen LogP contribution in [0.25, 0.3) is 11.1 Å². The molecule has 1 aliphatic heterocycles. The average molecular weight is 501 g/mol. The molecule has 0 spiro atoms. The minimum Gasteiger partial charge on any atom is -0.364 e. The third-order valence-electron chi connectivity index (χ3n) is 6.51. The van der Waals surface area contributed by atoms with Crippen LogP contribution in [0.3, 0.4) is 0 Å². The number of sulfone groups is 1. The lowest BCUT2D eigenvalue weighted by Gasteiger charge is -2.24. The predicted molar refractivity (Wildman–Crippen MR) is 140 cm³/mol. The molecule has 0 amide bonds. The summed E-state index contributed by atoms with van der Waals surface area (Å²) in [7, 11) is -3.98. The second-order valence-corrected chi connectivity index (χ2v) is 10.9. The zero-order valence-electron chi connectivity index (χ0n) is 19.9. The second-order valence-electron chi connectivity index (χ2n) is 8.92. The topological polar surface area (TPSA) is 86.4 Å². The van der Waals surface area contributed by atoms with Gasteiger partial charge in [-0.2, -0.15) is 0 Å². The zero-order chi connectivity index (χ0) is 25.0. The molecule has 2 heterocycles. The van der Waals surface area contributed by atoms with E-state index in [0.717, 1.165) is 34.6 Å². The Balaban J connectivity index is 1.37. The highest BCUT2D eigenvalue weighted by molar-refractivity contribution is 8.06. The molecule has 7 nitrogen and oxygen atoms in total. The summed E-state index contributed by atoms with van der Waals surface area (Å²) in [6.07, 6.45) is 3.46. The van der Waals surface area contributed by atoms with E-state index in [-0.39, 0.29) is 11.3 Å². The third kappa shape index (κ3) is 5.24. The zero-order valence-corrected chi connectivity index (χ0v) is 20.7. The van der Waals surface area contributed by atoms with Crippen molar-refractivity contribution in [2.24, 2.45) is 0 Å². The molecular formula is C28H28N4O3S. The molecule has 0 saturated carbocycles. The van der Waals surface area contributed by atoms with E-state index in [2.05, 4.69) is 50.1 Å². The first-order chi connectivity index (χ1) is 17.5. The molecule has 36 heavy (non-hydrogen) atoms. The van der Waals surface area contributed by atoms with Crippen molar-refractivity contribution in [3.63, 3.8) is 0 Å². The summed E-state index contributed by atoms with van der Waals surface area (Å²) in [4.78, 5) is 24.6. The first-order valence-corrected chi connectivity index (χ1v) is 13.4. The Morgan fingerprint density at radius 3 is 2.39 bits per heavy atom. The fourth-order valence-corrected chi connectivity index (χ4v) is 5.72. The summed E-state index contributed by atoms with van der Waals surface area (Å²) in [5, 5.41) is -0.745. The number of fused-ring (bicyclic) bond motifs is 1. The fourth-order valence-electron chi connectivity index (χ4n) is 4.58. The van der Waals surface area contributed by atoms with Crippen molar-refractivity contribution in [3.8, 4) is 11.1 Å². The number of hydrogen-bond acceptors (Lipinski definition) is 6. The molecule has 1 aliphatic rings. The molecule has 1 aromatic heterocycles. The van der Waals surface area contributed by atoms with Crippen LogP contribution < -0.4 is 4.90 Å². The minimum absolute atomic E-state index is 0.0501. The van der Waals surface area contributed by atoms with Gasteiger partial charge >= 0.3 is 0 Å². The van der Waals surface area contributed by atoms with Crippen molar-refractivity contribution in [1.82, 2.24) is 14.9 Å². The SMILES string of the molecule is O=C(CCN1CCN(Cc2cnc[nH]2)c2ccc(-c3ccccc3)cc2C1)S(=O)(=O)c1ccccc1. The minimum atomic E-state index is -3.98. The highest BCUT2D eigenvalue weighted by Crippen LogP contribution is 2.31. The number of anilines is 1. The van der Waals surface area contributed by atoms with E-state index in [1.165, 1.54) is 12.1 Å². The fraction of sp³-hybridized carbons (Fsp3) is 0.214. The van der Waals surface area contributed by atoms with Crippen LogP contribution in [0.5, 0.6) is 0 Å². The van der Waals surface area contributed by atoms with Crippen LogP contribution >= 0.6 is 0 Å². The summed E-state index contributed by atoms with van der Waals surface area (Å²) in [5.74, 6) is 0. The molecule has 184 valence electrons. The van der Waals surface area contributed by atoms with Crippen molar-refractivity contribution in [1.29, 1.82) is 0 Å². The molecule has 4 aromatic rings. The molecule has 5 rings (SSSR count). The van der Waals surface area contributed by atoms with Gasteiger partial charge < -0.3 is 9.88 Å². The van der Waals surface area contributed by atoms with E-state index < -0.39 is 15.0 Å². The Morgan fingerprint density at radius 2 is 1.67 bits per heavy atom. The first-order valence-electron chi connectivity index (χ1n) is 12.0. The van der Waals surface area contributed by atoms with Crippen LogP contribution in [0, 0.1) is 0 Å². The highest BCUT2D eigenvalue weighted by atomic mass is 32.2. The Hall–Kier alpha value is -3.75. The van der Waals surface area contributed by atoms with Gasteiger partial charge in [0, 0.05) is 44.5 Å². The summed E-state index contributed by atoms with van der Waals surface area (Å²) < 4.78 is 25.4. The van der Waals surface area contributed by atoms with Gasteiger partial charge in [-0.25, -0.2) is 13.4 Å². The van der Waals surface area contributed by atoms with Gasteiger partial charge in [0.15, 0.2) is 0 Å². The van der Waals surface area contributed by atoms with E-state index in [0.29, 0.717) is 26.2 Å². The molecule has 8 heteroatoms. The summed E-state index contributed by atoms with van der Waals surface area (Å²) in [6, 6.07) is 24.6. The van der Waals surface area contributed by atoms with E-state index in [9.17, 15) is 13.2 Å². The van der Waals surface area contributed by atoms with Crippen LogP contribution in [0.1, 0.15) is 17.7 Å². The maximum absolute atomic E-state index is 12.7. The van der Waals surface area contributed by atoms with Gasteiger partial charge in [-0.15, -0.1) is 0 Å². The lowest BCUT2D eigenvalue weighted by Crippen LogP contribution is -2.33. The molecule has 0 saturated heterocycles. The van der Waals surface area contributed by atoms with Crippen molar-refractivity contribution >= 4 is 20.6 Å². The number of nitrogens with one attached hydrogen (secondary N) is 1. The van der Waals surface area contributed by atoms with Crippen LogP contribution in [0.2, 0.25) is 0 Å². The van der Waals surface area contributed by atoms with E-state index in [4.69, 9.17) is 0 Å². The third-order valence-corrected chi connectivity index (χ3v) is 8.21. The number of aromatic amines is 1.